The maximum absolute atomic E-state index is 13.3. The van der Waals surface area contributed by atoms with Gasteiger partial charge in [-0.3, -0.25) is 4.79 Å². The molecule has 0 spiro atoms. The summed E-state index contributed by atoms with van der Waals surface area (Å²) in [4.78, 5) is 13.4. The van der Waals surface area contributed by atoms with Crippen LogP contribution in [0.5, 0.6) is 5.75 Å². The minimum Gasteiger partial charge on any atom is -0.492 e. The standard InChI is InChI=1S/C27H26N2O4S/c1-2-33-26-15-9-8-14-24(26)28-27(30)25(18-20-10-4-3-5-11-20)29-34(31,32)23-17-16-21-12-6-7-13-22(21)19-23/h3-17,19,25,29H,2,18H2,1H3,(H,28,30)/t25-/m0/s1. The van der Waals surface area contributed by atoms with Crippen LogP contribution in [0.25, 0.3) is 10.8 Å². The summed E-state index contributed by atoms with van der Waals surface area (Å²) in [5, 5.41) is 4.57. The lowest BCUT2D eigenvalue weighted by Crippen LogP contribution is -2.45. The summed E-state index contributed by atoms with van der Waals surface area (Å²) < 4.78 is 34.8. The van der Waals surface area contributed by atoms with Gasteiger partial charge in [-0.05, 0) is 53.9 Å². The second-order valence-corrected chi connectivity index (χ2v) is 9.50. The van der Waals surface area contributed by atoms with E-state index in [1.54, 1.807) is 36.4 Å². The molecule has 174 valence electrons. The van der Waals surface area contributed by atoms with Crippen molar-refractivity contribution < 1.29 is 17.9 Å². The summed E-state index contributed by atoms with van der Waals surface area (Å²) >= 11 is 0. The lowest BCUT2D eigenvalue weighted by Gasteiger charge is -2.20. The molecule has 0 saturated heterocycles. The third kappa shape index (κ3) is 5.62. The molecule has 0 fully saturated rings. The molecule has 6 nitrogen and oxygen atoms in total. The van der Waals surface area contributed by atoms with Gasteiger partial charge in [0.2, 0.25) is 15.9 Å². The Balaban J connectivity index is 1.63. The number of hydrogen-bond acceptors (Lipinski definition) is 4. The van der Waals surface area contributed by atoms with Crippen LogP contribution >= 0.6 is 0 Å². The van der Waals surface area contributed by atoms with E-state index >= 15 is 0 Å². The van der Waals surface area contributed by atoms with Gasteiger partial charge in [-0.1, -0.05) is 72.8 Å². The fourth-order valence-electron chi connectivity index (χ4n) is 3.70. The maximum Gasteiger partial charge on any atom is 0.243 e. The van der Waals surface area contributed by atoms with E-state index in [2.05, 4.69) is 10.0 Å². The fraction of sp³-hybridized carbons (Fsp3) is 0.148. The number of carbonyl (C=O) groups is 1. The van der Waals surface area contributed by atoms with Crippen molar-refractivity contribution in [2.75, 3.05) is 11.9 Å². The largest absolute Gasteiger partial charge is 0.492 e. The van der Waals surface area contributed by atoms with E-state index in [0.29, 0.717) is 18.0 Å². The molecule has 4 aromatic rings. The van der Waals surface area contributed by atoms with Crippen LogP contribution in [0.15, 0.2) is 102 Å². The van der Waals surface area contributed by atoms with Gasteiger partial charge in [0.1, 0.15) is 11.8 Å². The molecule has 0 unspecified atom stereocenters. The first-order chi connectivity index (χ1) is 16.5. The van der Waals surface area contributed by atoms with E-state index in [-0.39, 0.29) is 11.3 Å². The summed E-state index contributed by atoms with van der Waals surface area (Å²) in [6, 6.07) is 27.8. The molecule has 1 atom stereocenters. The number of hydrogen-bond donors (Lipinski definition) is 2. The van der Waals surface area contributed by atoms with Gasteiger partial charge in [0, 0.05) is 0 Å². The molecule has 0 radical (unpaired) electrons. The molecule has 4 aromatic carbocycles. The van der Waals surface area contributed by atoms with Crippen molar-refractivity contribution in [3.8, 4) is 5.75 Å². The summed E-state index contributed by atoms with van der Waals surface area (Å²) in [6.45, 7) is 2.30. The average molecular weight is 475 g/mol. The maximum atomic E-state index is 13.3. The van der Waals surface area contributed by atoms with Crippen LogP contribution in [0.4, 0.5) is 5.69 Å². The van der Waals surface area contributed by atoms with Crippen LogP contribution in [0.2, 0.25) is 0 Å². The lowest BCUT2D eigenvalue weighted by molar-refractivity contribution is -0.117. The van der Waals surface area contributed by atoms with E-state index in [4.69, 9.17) is 4.74 Å². The highest BCUT2D eigenvalue weighted by Crippen LogP contribution is 2.24. The number of sulfonamides is 1. The van der Waals surface area contributed by atoms with Crippen molar-refractivity contribution in [1.29, 1.82) is 0 Å². The topological polar surface area (TPSA) is 84.5 Å². The second kappa shape index (κ2) is 10.5. The first-order valence-corrected chi connectivity index (χ1v) is 12.5. The molecular formula is C27H26N2O4S. The smallest absolute Gasteiger partial charge is 0.243 e. The summed E-state index contributed by atoms with van der Waals surface area (Å²) in [5.41, 5.74) is 1.32. The van der Waals surface area contributed by atoms with Crippen LogP contribution in [0.3, 0.4) is 0 Å². The molecular weight excluding hydrogens is 448 g/mol. The third-order valence-electron chi connectivity index (χ3n) is 5.37. The SMILES string of the molecule is CCOc1ccccc1NC(=O)[C@H](Cc1ccccc1)NS(=O)(=O)c1ccc2ccccc2c1. The number of para-hydroxylation sites is 2. The van der Waals surface area contributed by atoms with Gasteiger partial charge in [-0.25, -0.2) is 8.42 Å². The molecule has 0 heterocycles. The van der Waals surface area contributed by atoms with E-state index in [1.807, 2.05) is 67.6 Å². The Morgan fingerprint density at radius 3 is 2.29 bits per heavy atom. The molecule has 0 aromatic heterocycles. The highest BCUT2D eigenvalue weighted by Gasteiger charge is 2.27. The number of nitrogens with one attached hydrogen (secondary N) is 2. The Morgan fingerprint density at radius 1 is 0.853 bits per heavy atom. The molecule has 0 bridgehead atoms. The highest BCUT2D eigenvalue weighted by atomic mass is 32.2. The predicted molar refractivity (Wildman–Crippen MR) is 134 cm³/mol. The van der Waals surface area contributed by atoms with Crippen LogP contribution in [0, 0.1) is 0 Å². The predicted octanol–water partition coefficient (Wildman–Crippen LogP) is 4.77. The van der Waals surface area contributed by atoms with Crippen molar-refractivity contribution in [1.82, 2.24) is 4.72 Å². The molecule has 0 aliphatic rings. The van der Waals surface area contributed by atoms with Crippen LogP contribution in [0.1, 0.15) is 12.5 Å². The van der Waals surface area contributed by atoms with Gasteiger partial charge in [-0.2, -0.15) is 4.72 Å². The summed E-state index contributed by atoms with van der Waals surface area (Å²) in [6.07, 6.45) is 0.191. The van der Waals surface area contributed by atoms with E-state index in [1.165, 1.54) is 0 Å². The number of amides is 1. The minimum atomic E-state index is -3.97. The van der Waals surface area contributed by atoms with Gasteiger partial charge in [0.05, 0.1) is 17.2 Å². The summed E-state index contributed by atoms with van der Waals surface area (Å²) in [7, 11) is -3.97. The second-order valence-electron chi connectivity index (χ2n) is 7.79. The average Bonchev–Trinajstić information content (AvgIpc) is 2.85. The normalized spacial score (nSPS) is 12.3. The Labute approximate surface area is 199 Å². The van der Waals surface area contributed by atoms with Crippen molar-refractivity contribution in [2.24, 2.45) is 0 Å². The zero-order valence-electron chi connectivity index (χ0n) is 18.8. The molecule has 7 heteroatoms. The Kier molecular flexibility index (Phi) is 7.25. The van der Waals surface area contributed by atoms with Gasteiger partial charge < -0.3 is 10.1 Å². The Morgan fingerprint density at radius 2 is 1.53 bits per heavy atom. The zero-order valence-corrected chi connectivity index (χ0v) is 19.6. The van der Waals surface area contributed by atoms with Crippen molar-refractivity contribution >= 4 is 32.4 Å². The zero-order chi connectivity index (χ0) is 24.0. The summed E-state index contributed by atoms with van der Waals surface area (Å²) in [5.74, 6) is 0.0505. The Hall–Kier alpha value is -3.68. The molecule has 0 aliphatic heterocycles. The number of ether oxygens (including phenoxy) is 1. The van der Waals surface area contributed by atoms with Gasteiger partial charge in [0.25, 0.3) is 0 Å². The molecule has 2 N–H and O–H groups in total. The van der Waals surface area contributed by atoms with Crippen molar-refractivity contribution in [3.05, 3.63) is 103 Å². The monoisotopic (exact) mass is 474 g/mol. The Bertz CT molecular complexity index is 1390. The quantitative estimate of drug-likeness (QED) is 0.366. The first kappa shape index (κ1) is 23.5. The molecule has 4 rings (SSSR count). The number of anilines is 1. The lowest BCUT2D eigenvalue weighted by atomic mass is 10.1. The number of rotatable bonds is 9. The van der Waals surface area contributed by atoms with Gasteiger partial charge >= 0.3 is 0 Å². The molecule has 1 amide bonds. The number of carbonyl (C=O) groups excluding carboxylic acids is 1. The molecule has 0 aliphatic carbocycles. The van der Waals surface area contributed by atoms with E-state index in [9.17, 15) is 13.2 Å². The van der Waals surface area contributed by atoms with Crippen molar-refractivity contribution in [2.45, 2.75) is 24.3 Å². The number of fused-ring (bicyclic) bond motifs is 1. The molecule has 34 heavy (non-hydrogen) atoms. The van der Waals surface area contributed by atoms with E-state index in [0.717, 1.165) is 16.3 Å². The van der Waals surface area contributed by atoms with Crippen molar-refractivity contribution in [3.63, 3.8) is 0 Å². The molecule has 0 saturated carbocycles. The fourth-order valence-corrected chi connectivity index (χ4v) is 4.93. The van der Waals surface area contributed by atoms with Crippen LogP contribution in [-0.2, 0) is 21.2 Å². The third-order valence-corrected chi connectivity index (χ3v) is 6.84. The number of benzene rings is 4. The first-order valence-electron chi connectivity index (χ1n) is 11.0. The highest BCUT2D eigenvalue weighted by molar-refractivity contribution is 7.89. The van der Waals surface area contributed by atoms with Crippen LogP contribution in [-0.4, -0.2) is 27.0 Å². The minimum absolute atomic E-state index is 0.103. The van der Waals surface area contributed by atoms with Gasteiger partial charge in [-0.15, -0.1) is 0 Å². The van der Waals surface area contributed by atoms with Gasteiger partial charge in [0.15, 0.2) is 0 Å². The van der Waals surface area contributed by atoms with E-state index < -0.39 is 22.0 Å². The van der Waals surface area contributed by atoms with Crippen LogP contribution < -0.4 is 14.8 Å².